The van der Waals surface area contributed by atoms with Gasteiger partial charge in [-0.1, -0.05) is 0 Å². The molecule has 1 aromatic rings. The first-order valence-electron chi connectivity index (χ1n) is 5.86. The van der Waals surface area contributed by atoms with E-state index < -0.39 is 10.0 Å². The molecule has 0 spiro atoms. The Morgan fingerprint density at radius 1 is 1.50 bits per heavy atom. The van der Waals surface area contributed by atoms with Crippen LogP contribution in [-0.2, 0) is 10.0 Å². The van der Waals surface area contributed by atoms with E-state index in [1.807, 2.05) is 14.1 Å². The molecule has 1 fully saturated rings. The van der Waals surface area contributed by atoms with Crippen molar-refractivity contribution in [3.8, 4) is 0 Å². The van der Waals surface area contributed by atoms with Gasteiger partial charge >= 0.3 is 0 Å². The smallest absolute Gasteiger partial charge is 0.243 e. The summed E-state index contributed by atoms with van der Waals surface area (Å²) in [4.78, 5) is 4.56. The predicted octanol–water partition coefficient (Wildman–Crippen LogP) is -1.07. The summed E-state index contributed by atoms with van der Waals surface area (Å²) in [6.07, 6.45) is 2.68. The summed E-state index contributed by atoms with van der Waals surface area (Å²) >= 11 is 0. The summed E-state index contributed by atoms with van der Waals surface area (Å²) in [6, 6.07) is 0.199. The fourth-order valence-corrected chi connectivity index (χ4v) is 2.97. The normalized spacial score (nSPS) is 23.3. The molecule has 0 bridgehead atoms. The van der Waals surface area contributed by atoms with Gasteiger partial charge in [0.05, 0.1) is 6.20 Å². The Hall–Kier alpha value is -0.960. The third-order valence-corrected chi connectivity index (χ3v) is 4.66. The number of sulfonamides is 1. The molecule has 1 aliphatic heterocycles. The van der Waals surface area contributed by atoms with Gasteiger partial charge in [-0.2, -0.15) is 5.10 Å². The lowest BCUT2D eigenvalue weighted by atomic mass is 10.2. The molecule has 2 heterocycles. The van der Waals surface area contributed by atoms with E-state index in [0.717, 1.165) is 19.6 Å². The predicted molar refractivity (Wildman–Crippen MR) is 67.7 cm³/mol. The van der Waals surface area contributed by atoms with Gasteiger partial charge in [-0.05, 0) is 14.1 Å². The second-order valence-electron chi connectivity index (χ2n) is 4.68. The summed E-state index contributed by atoms with van der Waals surface area (Å²) in [7, 11) is 0.618. The van der Waals surface area contributed by atoms with Crippen molar-refractivity contribution in [1.82, 2.24) is 24.7 Å². The Morgan fingerprint density at radius 2 is 2.28 bits per heavy atom. The Bertz CT molecular complexity index is 472. The molecular weight excluding hydrogens is 254 g/mol. The third kappa shape index (κ3) is 3.08. The van der Waals surface area contributed by atoms with Gasteiger partial charge in [0.15, 0.2) is 0 Å². The molecule has 7 nitrogen and oxygen atoms in total. The Balaban J connectivity index is 1.95. The van der Waals surface area contributed by atoms with Crippen LogP contribution in [0.15, 0.2) is 17.3 Å². The van der Waals surface area contributed by atoms with Crippen LogP contribution in [0.2, 0.25) is 0 Å². The molecule has 1 aromatic heterocycles. The van der Waals surface area contributed by atoms with E-state index in [4.69, 9.17) is 0 Å². The lowest BCUT2D eigenvalue weighted by molar-refractivity contribution is 0.117. The second-order valence-corrected chi connectivity index (χ2v) is 6.45. The average Bonchev–Trinajstić information content (AvgIpc) is 2.85. The standard InChI is InChI=1S/C10H19N5O2S/c1-14-3-4-15(2)9(8-14)5-13-18(16,17)10-6-11-12-7-10/h6-7,9,13H,3-5,8H2,1-2H3,(H,11,12). The molecule has 1 saturated heterocycles. The first kappa shape index (κ1) is 13.5. The van der Waals surface area contributed by atoms with Crippen molar-refractivity contribution in [2.75, 3.05) is 40.3 Å². The number of piperazine rings is 1. The fourth-order valence-electron chi connectivity index (χ4n) is 2.00. The van der Waals surface area contributed by atoms with E-state index in [1.54, 1.807) is 0 Å². The minimum absolute atomic E-state index is 0.175. The monoisotopic (exact) mass is 273 g/mol. The molecule has 1 unspecified atom stereocenters. The molecule has 2 rings (SSSR count). The number of hydrogen-bond acceptors (Lipinski definition) is 5. The van der Waals surface area contributed by atoms with Crippen molar-refractivity contribution in [3.63, 3.8) is 0 Å². The van der Waals surface area contributed by atoms with E-state index in [-0.39, 0.29) is 10.9 Å². The Kier molecular flexibility index (Phi) is 4.00. The highest BCUT2D eigenvalue weighted by atomic mass is 32.2. The van der Waals surface area contributed by atoms with E-state index in [1.165, 1.54) is 12.4 Å². The average molecular weight is 273 g/mol. The van der Waals surface area contributed by atoms with Crippen molar-refractivity contribution in [1.29, 1.82) is 0 Å². The summed E-state index contributed by atoms with van der Waals surface area (Å²) in [5, 5.41) is 6.15. The van der Waals surface area contributed by atoms with Gasteiger partial charge < -0.3 is 4.90 Å². The lowest BCUT2D eigenvalue weighted by Gasteiger charge is -2.37. The second kappa shape index (κ2) is 5.35. The van der Waals surface area contributed by atoms with Crippen molar-refractivity contribution in [2.45, 2.75) is 10.9 Å². The molecule has 0 aromatic carbocycles. The van der Waals surface area contributed by atoms with Gasteiger partial charge in [0.2, 0.25) is 10.0 Å². The van der Waals surface area contributed by atoms with Gasteiger partial charge in [-0.15, -0.1) is 0 Å². The number of nitrogens with one attached hydrogen (secondary N) is 2. The number of aromatic amines is 1. The third-order valence-electron chi connectivity index (χ3n) is 3.27. The van der Waals surface area contributed by atoms with E-state index in [2.05, 4.69) is 24.7 Å². The van der Waals surface area contributed by atoms with Gasteiger partial charge in [0.25, 0.3) is 0 Å². The highest BCUT2D eigenvalue weighted by molar-refractivity contribution is 7.89. The first-order chi connectivity index (χ1) is 8.49. The quantitative estimate of drug-likeness (QED) is 0.730. The number of aromatic nitrogens is 2. The van der Waals surface area contributed by atoms with Crippen LogP contribution in [0.3, 0.4) is 0 Å². The van der Waals surface area contributed by atoms with Crippen LogP contribution in [0, 0.1) is 0 Å². The summed E-state index contributed by atoms with van der Waals surface area (Å²) in [6.45, 7) is 3.24. The van der Waals surface area contributed by atoms with Crippen molar-refractivity contribution in [2.24, 2.45) is 0 Å². The first-order valence-corrected chi connectivity index (χ1v) is 7.34. The largest absolute Gasteiger partial charge is 0.303 e. The van der Waals surface area contributed by atoms with Crippen molar-refractivity contribution < 1.29 is 8.42 Å². The zero-order chi connectivity index (χ0) is 13.2. The maximum Gasteiger partial charge on any atom is 0.243 e. The molecule has 0 aliphatic carbocycles. The van der Waals surface area contributed by atoms with Crippen molar-refractivity contribution >= 4 is 10.0 Å². The Labute approximate surface area is 107 Å². The van der Waals surface area contributed by atoms with Crippen LogP contribution in [0.1, 0.15) is 0 Å². The SMILES string of the molecule is CN1CCN(C)C(CNS(=O)(=O)c2cn[nH]c2)C1. The molecular formula is C10H19N5O2S. The summed E-state index contributed by atoms with van der Waals surface area (Å²) in [5.74, 6) is 0. The zero-order valence-electron chi connectivity index (χ0n) is 10.6. The summed E-state index contributed by atoms with van der Waals surface area (Å²) < 4.78 is 26.5. The fraction of sp³-hybridized carbons (Fsp3) is 0.700. The maximum absolute atomic E-state index is 11.9. The van der Waals surface area contributed by atoms with E-state index in [0.29, 0.717) is 6.54 Å². The van der Waals surface area contributed by atoms with Crippen LogP contribution in [0.4, 0.5) is 0 Å². The zero-order valence-corrected chi connectivity index (χ0v) is 11.4. The molecule has 8 heteroatoms. The van der Waals surface area contributed by atoms with Gasteiger partial charge in [-0.25, -0.2) is 13.1 Å². The topological polar surface area (TPSA) is 81.3 Å². The molecule has 0 radical (unpaired) electrons. The molecule has 2 N–H and O–H groups in total. The number of nitrogens with zero attached hydrogens (tertiary/aromatic N) is 3. The van der Waals surface area contributed by atoms with Gasteiger partial charge in [0, 0.05) is 38.4 Å². The molecule has 0 amide bonds. The molecule has 102 valence electrons. The van der Waals surface area contributed by atoms with Crippen molar-refractivity contribution in [3.05, 3.63) is 12.4 Å². The molecule has 18 heavy (non-hydrogen) atoms. The number of H-pyrrole nitrogens is 1. The highest BCUT2D eigenvalue weighted by Gasteiger charge is 2.24. The Morgan fingerprint density at radius 3 is 2.94 bits per heavy atom. The van der Waals surface area contributed by atoms with Crippen LogP contribution >= 0.6 is 0 Å². The van der Waals surface area contributed by atoms with E-state index >= 15 is 0 Å². The number of hydrogen-bond donors (Lipinski definition) is 2. The van der Waals surface area contributed by atoms with Gasteiger partial charge in [-0.3, -0.25) is 10.00 Å². The minimum Gasteiger partial charge on any atom is -0.303 e. The van der Waals surface area contributed by atoms with Gasteiger partial charge in [0.1, 0.15) is 4.90 Å². The number of rotatable bonds is 4. The maximum atomic E-state index is 11.9. The van der Waals surface area contributed by atoms with E-state index in [9.17, 15) is 8.42 Å². The minimum atomic E-state index is -3.45. The molecule has 1 atom stereocenters. The number of likely N-dealkylation sites (N-methyl/N-ethyl adjacent to an activating group) is 2. The summed E-state index contributed by atoms with van der Waals surface area (Å²) in [5.41, 5.74) is 0. The van der Waals surface area contributed by atoms with Crippen LogP contribution in [0.25, 0.3) is 0 Å². The van der Waals surface area contributed by atoms with Crippen LogP contribution < -0.4 is 4.72 Å². The molecule has 0 saturated carbocycles. The highest BCUT2D eigenvalue weighted by Crippen LogP contribution is 2.08. The van der Waals surface area contributed by atoms with Crippen LogP contribution in [0.5, 0.6) is 0 Å². The lowest BCUT2D eigenvalue weighted by Crippen LogP contribution is -2.54. The van der Waals surface area contributed by atoms with Crippen LogP contribution in [-0.4, -0.2) is 74.7 Å². The molecule has 1 aliphatic rings.